The maximum Gasteiger partial charge on any atom is 0.329 e. The zero-order valence-electron chi connectivity index (χ0n) is 9.07. The molecule has 0 spiro atoms. The Morgan fingerprint density at radius 2 is 2.06 bits per heavy atom. The fraction of sp³-hybridized carbons (Fsp3) is 0.333. The molecule has 0 heterocycles. The molecule has 90 valence electrons. The summed E-state index contributed by atoms with van der Waals surface area (Å²) in [6, 6.07) is 6.89. The molecule has 2 N–H and O–H groups in total. The van der Waals surface area contributed by atoms with Crippen molar-refractivity contribution in [3.63, 3.8) is 0 Å². The van der Waals surface area contributed by atoms with Crippen molar-refractivity contribution < 1.29 is 14.7 Å². The second-order valence-corrected chi connectivity index (χ2v) is 5.12. The van der Waals surface area contributed by atoms with Crippen LogP contribution in [0.1, 0.15) is 29.6 Å². The van der Waals surface area contributed by atoms with Gasteiger partial charge in [0.1, 0.15) is 5.54 Å². The van der Waals surface area contributed by atoms with E-state index >= 15 is 0 Å². The van der Waals surface area contributed by atoms with Crippen molar-refractivity contribution in [1.29, 1.82) is 0 Å². The second kappa shape index (κ2) is 4.49. The number of nitrogens with one attached hydrogen (secondary N) is 1. The van der Waals surface area contributed by atoms with E-state index in [4.69, 9.17) is 5.11 Å². The zero-order valence-corrected chi connectivity index (χ0v) is 10.7. The Morgan fingerprint density at radius 1 is 1.35 bits per heavy atom. The summed E-state index contributed by atoms with van der Waals surface area (Å²) in [5.41, 5.74) is -0.591. The van der Waals surface area contributed by atoms with Crippen LogP contribution < -0.4 is 5.32 Å². The summed E-state index contributed by atoms with van der Waals surface area (Å²) in [7, 11) is 0. The number of hydrogen-bond acceptors (Lipinski definition) is 2. The summed E-state index contributed by atoms with van der Waals surface area (Å²) in [5.74, 6) is -1.29. The Bertz CT molecular complexity index is 469. The van der Waals surface area contributed by atoms with E-state index in [1.807, 2.05) is 6.07 Å². The smallest absolute Gasteiger partial charge is 0.329 e. The Labute approximate surface area is 107 Å². The maximum atomic E-state index is 11.9. The van der Waals surface area contributed by atoms with Crippen molar-refractivity contribution in [2.24, 2.45) is 0 Å². The molecule has 0 atom stereocenters. The minimum atomic E-state index is -1.06. The van der Waals surface area contributed by atoms with Crippen LogP contribution in [0.15, 0.2) is 28.7 Å². The maximum absolute atomic E-state index is 11.9. The number of hydrogen-bond donors (Lipinski definition) is 2. The molecule has 0 aliphatic heterocycles. The molecule has 17 heavy (non-hydrogen) atoms. The van der Waals surface area contributed by atoms with E-state index in [2.05, 4.69) is 21.2 Å². The first-order valence-corrected chi connectivity index (χ1v) is 6.14. The predicted molar refractivity (Wildman–Crippen MR) is 65.8 cm³/mol. The number of halogens is 1. The van der Waals surface area contributed by atoms with E-state index in [0.29, 0.717) is 18.4 Å². The SMILES string of the molecule is O=C(NC1(C(=O)O)CCC1)c1cccc(Br)c1. The summed E-state index contributed by atoms with van der Waals surface area (Å²) in [6.07, 6.45) is 1.84. The lowest BCUT2D eigenvalue weighted by atomic mass is 9.76. The number of carboxylic acid groups (broad SMARTS) is 1. The van der Waals surface area contributed by atoms with Gasteiger partial charge in [-0.2, -0.15) is 0 Å². The van der Waals surface area contributed by atoms with Gasteiger partial charge in [0, 0.05) is 10.0 Å². The van der Waals surface area contributed by atoms with E-state index in [9.17, 15) is 9.59 Å². The number of rotatable bonds is 3. The average Bonchev–Trinajstić information content (AvgIpc) is 2.22. The number of carbonyl (C=O) groups excluding carboxylic acids is 1. The van der Waals surface area contributed by atoms with Crippen molar-refractivity contribution in [3.05, 3.63) is 34.3 Å². The van der Waals surface area contributed by atoms with Crippen LogP contribution in [0.3, 0.4) is 0 Å². The van der Waals surface area contributed by atoms with Crippen molar-refractivity contribution in [2.45, 2.75) is 24.8 Å². The molecule has 5 heteroatoms. The Kier molecular flexibility index (Phi) is 3.19. The molecule has 1 aliphatic carbocycles. The summed E-state index contributed by atoms with van der Waals surface area (Å²) >= 11 is 3.27. The normalized spacial score (nSPS) is 17.0. The first-order chi connectivity index (χ1) is 8.03. The Morgan fingerprint density at radius 3 is 2.53 bits per heavy atom. The van der Waals surface area contributed by atoms with Crippen LogP contribution in [0, 0.1) is 0 Å². The number of carboxylic acids is 1. The predicted octanol–water partition coefficient (Wildman–Crippen LogP) is 2.19. The summed E-state index contributed by atoms with van der Waals surface area (Å²) in [6.45, 7) is 0. The number of benzene rings is 1. The van der Waals surface area contributed by atoms with Crippen molar-refractivity contribution in [3.8, 4) is 0 Å². The minimum absolute atomic E-state index is 0.339. The first kappa shape index (κ1) is 12.1. The monoisotopic (exact) mass is 297 g/mol. The van der Waals surface area contributed by atoms with E-state index in [1.54, 1.807) is 18.2 Å². The Hall–Kier alpha value is -1.36. The molecular formula is C12H12BrNO3. The highest BCUT2D eigenvalue weighted by atomic mass is 79.9. The zero-order chi connectivity index (χ0) is 12.5. The lowest BCUT2D eigenvalue weighted by molar-refractivity contribution is -0.148. The Balaban J connectivity index is 2.14. The minimum Gasteiger partial charge on any atom is -0.480 e. The quantitative estimate of drug-likeness (QED) is 0.899. The lowest BCUT2D eigenvalue weighted by Gasteiger charge is -2.38. The molecule has 0 unspecified atom stereocenters. The molecule has 0 saturated heterocycles. The molecule has 1 aromatic carbocycles. The lowest BCUT2D eigenvalue weighted by Crippen LogP contribution is -2.59. The van der Waals surface area contributed by atoms with Gasteiger partial charge in [-0.05, 0) is 37.5 Å². The van der Waals surface area contributed by atoms with Gasteiger partial charge >= 0.3 is 5.97 Å². The molecule has 1 amide bonds. The first-order valence-electron chi connectivity index (χ1n) is 5.35. The molecule has 0 radical (unpaired) electrons. The van der Waals surface area contributed by atoms with Crippen molar-refractivity contribution in [2.75, 3.05) is 0 Å². The number of amides is 1. The largest absolute Gasteiger partial charge is 0.480 e. The number of carbonyl (C=O) groups is 2. The third-order valence-corrected chi connectivity index (χ3v) is 3.55. The third kappa shape index (κ3) is 2.34. The highest BCUT2D eigenvalue weighted by molar-refractivity contribution is 9.10. The van der Waals surface area contributed by atoms with Gasteiger partial charge in [-0.15, -0.1) is 0 Å². The molecule has 0 bridgehead atoms. The molecule has 4 nitrogen and oxygen atoms in total. The average molecular weight is 298 g/mol. The van der Waals surface area contributed by atoms with Gasteiger partial charge in [-0.1, -0.05) is 22.0 Å². The molecule has 0 aromatic heterocycles. The highest BCUT2D eigenvalue weighted by Crippen LogP contribution is 2.32. The molecule has 1 aromatic rings. The van der Waals surface area contributed by atoms with Crippen LogP contribution in [0.5, 0.6) is 0 Å². The summed E-state index contributed by atoms with van der Waals surface area (Å²) in [4.78, 5) is 23.0. The molecule has 1 fully saturated rings. The number of aliphatic carboxylic acids is 1. The topological polar surface area (TPSA) is 66.4 Å². The molecule has 1 saturated carbocycles. The van der Waals surface area contributed by atoms with Gasteiger partial charge < -0.3 is 10.4 Å². The molecule has 2 rings (SSSR count). The van der Waals surface area contributed by atoms with Crippen LogP contribution in [-0.4, -0.2) is 22.5 Å². The van der Waals surface area contributed by atoms with E-state index in [-0.39, 0.29) is 5.91 Å². The van der Waals surface area contributed by atoms with E-state index in [1.165, 1.54) is 0 Å². The summed E-state index contributed by atoms with van der Waals surface area (Å²) < 4.78 is 0.795. The molecular weight excluding hydrogens is 286 g/mol. The van der Waals surface area contributed by atoms with Gasteiger partial charge in [-0.3, -0.25) is 4.79 Å². The second-order valence-electron chi connectivity index (χ2n) is 4.21. The third-order valence-electron chi connectivity index (χ3n) is 3.06. The summed E-state index contributed by atoms with van der Waals surface area (Å²) in [5, 5.41) is 11.7. The van der Waals surface area contributed by atoms with Gasteiger partial charge in [-0.25, -0.2) is 4.79 Å². The van der Waals surface area contributed by atoms with E-state index in [0.717, 1.165) is 10.9 Å². The molecule has 1 aliphatic rings. The van der Waals surface area contributed by atoms with Crippen LogP contribution in [-0.2, 0) is 4.79 Å². The van der Waals surface area contributed by atoms with Gasteiger partial charge in [0.05, 0.1) is 0 Å². The van der Waals surface area contributed by atoms with Crippen LogP contribution in [0.25, 0.3) is 0 Å². The van der Waals surface area contributed by atoms with Gasteiger partial charge in [0.15, 0.2) is 0 Å². The van der Waals surface area contributed by atoms with Crippen molar-refractivity contribution in [1.82, 2.24) is 5.32 Å². The van der Waals surface area contributed by atoms with Gasteiger partial charge in [0.2, 0.25) is 0 Å². The van der Waals surface area contributed by atoms with E-state index < -0.39 is 11.5 Å². The van der Waals surface area contributed by atoms with Crippen LogP contribution in [0.2, 0.25) is 0 Å². The highest BCUT2D eigenvalue weighted by Gasteiger charge is 2.45. The van der Waals surface area contributed by atoms with Crippen LogP contribution in [0.4, 0.5) is 0 Å². The standard InChI is InChI=1S/C12H12BrNO3/c13-9-4-1-3-8(7-9)10(15)14-12(11(16)17)5-2-6-12/h1,3-4,7H,2,5-6H2,(H,14,15)(H,16,17). The fourth-order valence-electron chi connectivity index (χ4n) is 1.84. The fourth-order valence-corrected chi connectivity index (χ4v) is 2.24. The van der Waals surface area contributed by atoms with Crippen LogP contribution >= 0.6 is 15.9 Å². The van der Waals surface area contributed by atoms with Crippen molar-refractivity contribution >= 4 is 27.8 Å². The van der Waals surface area contributed by atoms with Gasteiger partial charge in [0.25, 0.3) is 5.91 Å².